The van der Waals surface area contributed by atoms with E-state index in [0.717, 1.165) is 18.2 Å². The van der Waals surface area contributed by atoms with Crippen LogP contribution in [0.1, 0.15) is 12.5 Å². The molecule has 10 nitrogen and oxygen atoms in total. The predicted molar refractivity (Wildman–Crippen MR) is 94.5 cm³/mol. The van der Waals surface area contributed by atoms with Crippen molar-refractivity contribution in [2.75, 3.05) is 6.61 Å². The number of halogens is 1. The zero-order chi connectivity index (χ0) is 19.3. The third-order valence-corrected chi connectivity index (χ3v) is 3.69. The van der Waals surface area contributed by atoms with Crippen molar-refractivity contribution in [1.29, 1.82) is 0 Å². The Hall–Kier alpha value is -3.21. The van der Waals surface area contributed by atoms with Crippen molar-refractivity contribution < 1.29 is 24.5 Å². The van der Waals surface area contributed by atoms with Gasteiger partial charge in [0.05, 0.1) is 33.2 Å². The molecule has 0 bridgehead atoms. The summed E-state index contributed by atoms with van der Waals surface area (Å²) < 4.78 is 11.5. The first-order valence-corrected chi connectivity index (χ1v) is 7.91. The van der Waals surface area contributed by atoms with Gasteiger partial charge in [0.1, 0.15) is 0 Å². The van der Waals surface area contributed by atoms with Gasteiger partial charge in [-0.3, -0.25) is 20.2 Å². The molecule has 0 radical (unpaired) electrons. The van der Waals surface area contributed by atoms with E-state index in [2.05, 4.69) is 21.1 Å². The van der Waals surface area contributed by atoms with Crippen LogP contribution in [0.3, 0.4) is 0 Å². The molecule has 0 aliphatic carbocycles. The van der Waals surface area contributed by atoms with Crippen molar-refractivity contribution in [1.82, 2.24) is 0 Å². The molecule has 0 aliphatic rings. The van der Waals surface area contributed by atoms with Crippen LogP contribution >= 0.6 is 15.9 Å². The maximum absolute atomic E-state index is 11.2. The highest BCUT2D eigenvalue weighted by atomic mass is 79.9. The Kier molecular flexibility index (Phi) is 6.07. The van der Waals surface area contributed by atoms with Crippen LogP contribution in [0.25, 0.3) is 0 Å². The molecule has 2 aromatic carbocycles. The van der Waals surface area contributed by atoms with Gasteiger partial charge in [-0.2, -0.15) is 0 Å². The summed E-state index contributed by atoms with van der Waals surface area (Å²) in [7, 11) is 0. The van der Waals surface area contributed by atoms with Gasteiger partial charge in [0.2, 0.25) is 5.75 Å². The molecule has 0 atom stereocenters. The number of rotatable bonds is 7. The summed E-state index contributed by atoms with van der Waals surface area (Å²) in [4.78, 5) is 20.5. The lowest BCUT2D eigenvalue weighted by atomic mass is 10.2. The first-order chi connectivity index (χ1) is 12.4. The van der Waals surface area contributed by atoms with Crippen molar-refractivity contribution >= 4 is 33.5 Å². The second-order valence-electron chi connectivity index (χ2n) is 4.78. The number of hydrogen-bond acceptors (Lipinski definition) is 8. The molecule has 2 rings (SSSR count). The van der Waals surface area contributed by atoms with E-state index in [-0.39, 0.29) is 23.9 Å². The van der Waals surface area contributed by atoms with Gasteiger partial charge in [-0.1, -0.05) is 5.16 Å². The fourth-order valence-corrected chi connectivity index (χ4v) is 2.59. The van der Waals surface area contributed by atoms with Gasteiger partial charge >= 0.3 is 5.69 Å². The number of nitrogens with zero attached hydrogens (tertiary/aromatic N) is 3. The molecule has 0 spiro atoms. The van der Waals surface area contributed by atoms with E-state index in [1.165, 1.54) is 12.3 Å². The molecule has 0 heterocycles. The van der Waals surface area contributed by atoms with Crippen LogP contribution in [0.4, 0.5) is 11.4 Å². The Morgan fingerprint density at radius 2 is 1.92 bits per heavy atom. The van der Waals surface area contributed by atoms with E-state index in [1.807, 2.05) is 0 Å². The van der Waals surface area contributed by atoms with E-state index in [4.69, 9.17) is 14.7 Å². The number of hydrogen-bond donors (Lipinski definition) is 1. The standard InChI is InChI=1S/C15H12BrN3O7/c1-2-25-14-6-9(8-17-20)5-11(16)15(14)26-13-4-3-10(18(21)22)7-12(13)19(23)24/h3-8,20H,2H2,1H3/b17-8+. The topological polar surface area (TPSA) is 137 Å². The molecule has 0 saturated heterocycles. The van der Waals surface area contributed by atoms with Crippen LogP contribution in [0.2, 0.25) is 0 Å². The van der Waals surface area contributed by atoms with Crippen LogP contribution < -0.4 is 9.47 Å². The summed E-state index contributed by atoms with van der Waals surface area (Å²) in [5, 5.41) is 33.6. The molecule has 0 fully saturated rings. The van der Waals surface area contributed by atoms with Gasteiger partial charge in [-0.15, -0.1) is 0 Å². The van der Waals surface area contributed by atoms with Crippen LogP contribution in [0.15, 0.2) is 40.0 Å². The Balaban J connectivity index is 2.53. The van der Waals surface area contributed by atoms with Crippen molar-refractivity contribution in [2.24, 2.45) is 5.16 Å². The zero-order valence-corrected chi connectivity index (χ0v) is 14.9. The van der Waals surface area contributed by atoms with E-state index in [1.54, 1.807) is 13.0 Å². The highest BCUT2D eigenvalue weighted by Crippen LogP contribution is 2.42. The quantitative estimate of drug-likeness (QED) is 0.302. The first-order valence-electron chi connectivity index (χ1n) is 7.11. The minimum atomic E-state index is -0.774. The SMILES string of the molecule is CCOc1cc(/C=N/O)cc(Br)c1Oc1ccc([N+](=O)[O-])cc1[N+](=O)[O-]. The average Bonchev–Trinajstić information content (AvgIpc) is 2.58. The van der Waals surface area contributed by atoms with Crippen LogP contribution in [-0.4, -0.2) is 27.9 Å². The Morgan fingerprint density at radius 3 is 2.50 bits per heavy atom. The third kappa shape index (κ3) is 4.25. The van der Waals surface area contributed by atoms with Crippen molar-refractivity contribution in [3.05, 3.63) is 60.6 Å². The fraction of sp³-hybridized carbons (Fsp3) is 0.133. The molecular weight excluding hydrogens is 414 g/mol. The zero-order valence-electron chi connectivity index (χ0n) is 13.3. The lowest BCUT2D eigenvalue weighted by Crippen LogP contribution is -2.00. The third-order valence-electron chi connectivity index (χ3n) is 3.10. The Morgan fingerprint density at radius 1 is 1.19 bits per heavy atom. The molecule has 1 N–H and O–H groups in total. The number of oxime groups is 1. The van der Waals surface area contributed by atoms with Gasteiger partial charge in [0, 0.05) is 11.6 Å². The summed E-state index contributed by atoms with van der Waals surface area (Å²) in [5.41, 5.74) is -0.495. The summed E-state index contributed by atoms with van der Waals surface area (Å²) in [6, 6.07) is 6.12. The molecule has 0 amide bonds. The first kappa shape index (κ1) is 19.1. The summed E-state index contributed by atoms with van der Waals surface area (Å²) in [6.07, 6.45) is 1.17. The minimum absolute atomic E-state index is 0.138. The fourth-order valence-electron chi connectivity index (χ4n) is 2.05. The number of ether oxygens (including phenoxy) is 2. The van der Waals surface area contributed by atoms with Crippen LogP contribution in [0.5, 0.6) is 17.2 Å². The molecule has 26 heavy (non-hydrogen) atoms. The maximum atomic E-state index is 11.2. The monoisotopic (exact) mass is 425 g/mol. The van der Waals surface area contributed by atoms with E-state index < -0.39 is 21.2 Å². The van der Waals surface area contributed by atoms with Crippen LogP contribution in [-0.2, 0) is 0 Å². The molecule has 2 aromatic rings. The Labute approximate surface area is 155 Å². The number of non-ortho nitro benzene ring substituents is 1. The van der Waals surface area contributed by atoms with Gasteiger partial charge in [0.25, 0.3) is 5.69 Å². The van der Waals surface area contributed by atoms with Gasteiger partial charge in [-0.05, 0) is 41.1 Å². The molecule has 0 aliphatic heterocycles. The van der Waals surface area contributed by atoms with E-state index >= 15 is 0 Å². The van der Waals surface area contributed by atoms with Crippen molar-refractivity contribution in [3.63, 3.8) is 0 Å². The maximum Gasteiger partial charge on any atom is 0.318 e. The second kappa shape index (κ2) is 8.25. The molecule has 136 valence electrons. The molecule has 0 unspecified atom stereocenters. The highest BCUT2D eigenvalue weighted by Gasteiger charge is 2.23. The number of nitro benzene ring substituents is 2. The van der Waals surface area contributed by atoms with Crippen molar-refractivity contribution in [2.45, 2.75) is 6.92 Å². The van der Waals surface area contributed by atoms with Gasteiger partial charge < -0.3 is 14.7 Å². The summed E-state index contributed by atoms with van der Waals surface area (Å²) in [6.45, 7) is 2.02. The van der Waals surface area contributed by atoms with Crippen molar-refractivity contribution in [3.8, 4) is 17.2 Å². The minimum Gasteiger partial charge on any atom is -0.490 e. The van der Waals surface area contributed by atoms with Gasteiger partial charge in [0.15, 0.2) is 11.5 Å². The lowest BCUT2D eigenvalue weighted by molar-refractivity contribution is -0.394. The number of benzene rings is 2. The van der Waals surface area contributed by atoms with Gasteiger partial charge in [-0.25, -0.2) is 0 Å². The predicted octanol–water partition coefficient (Wildman–Crippen LogP) is 4.26. The summed E-state index contributed by atoms with van der Waals surface area (Å²) in [5.74, 6) is 0.189. The van der Waals surface area contributed by atoms with E-state index in [0.29, 0.717) is 10.0 Å². The highest BCUT2D eigenvalue weighted by molar-refractivity contribution is 9.10. The second-order valence-corrected chi connectivity index (χ2v) is 5.63. The number of nitro groups is 2. The summed E-state index contributed by atoms with van der Waals surface area (Å²) >= 11 is 3.27. The molecule has 0 aromatic heterocycles. The Bertz CT molecular complexity index is 886. The molecule has 11 heteroatoms. The van der Waals surface area contributed by atoms with E-state index in [9.17, 15) is 20.2 Å². The largest absolute Gasteiger partial charge is 0.490 e. The average molecular weight is 426 g/mol. The van der Waals surface area contributed by atoms with Crippen LogP contribution in [0, 0.1) is 20.2 Å². The normalized spacial score (nSPS) is 10.7. The lowest BCUT2D eigenvalue weighted by Gasteiger charge is -2.14. The smallest absolute Gasteiger partial charge is 0.318 e. The molecular formula is C15H12BrN3O7. The molecule has 0 saturated carbocycles.